The maximum Gasteiger partial charge on any atom is 0.503 e. The summed E-state index contributed by atoms with van der Waals surface area (Å²) >= 11 is 0. The van der Waals surface area contributed by atoms with Crippen LogP contribution in [0.25, 0.3) is 0 Å². The van der Waals surface area contributed by atoms with Gasteiger partial charge in [-0.15, -0.1) is 0 Å². The zero-order valence-electron chi connectivity index (χ0n) is 7.66. The molecule has 4 heteroatoms. The molecule has 0 saturated heterocycles. The zero-order valence-corrected chi connectivity index (χ0v) is 7.66. The van der Waals surface area contributed by atoms with E-state index >= 15 is 0 Å². The second-order valence-corrected chi connectivity index (χ2v) is 2.85. The molecule has 0 aromatic heterocycles. The third kappa shape index (κ3) is 17.6. The van der Waals surface area contributed by atoms with Gasteiger partial charge in [0.15, 0.2) is 0 Å². The quantitative estimate of drug-likeness (QED) is 0.605. The molecule has 0 radical (unpaired) electrons. The van der Waals surface area contributed by atoms with Crippen molar-refractivity contribution in [2.45, 2.75) is 13.8 Å². The Morgan fingerprint density at radius 3 is 1.36 bits per heavy atom. The van der Waals surface area contributed by atoms with Crippen LogP contribution >= 0.6 is 0 Å². The minimum absolute atomic E-state index is 1.14. The molecule has 0 aromatic rings. The smallest absolute Gasteiger partial charge is 0.450 e. The molecule has 11 heavy (non-hydrogen) atoms. The van der Waals surface area contributed by atoms with Crippen LogP contribution in [0.2, 0.25) is 0 Å². The lowest BCUT2D eigenvalue weighted by molar-refractivity contribution is -0.886. The van der Waals surface area contributed by atoms with Crippen LogP contribution in [0, 0.1) is 0 Å². The van der Waals surface area contributed by atoms with E-state index in [1.165, 1.54) is 13.1 Å². The van der Waals surface area contributed by atoms with Crippen LogP contribution < -0.4 is 0 Å². The lowest BCUT2D eigenvalue weighted by atomic mass is 10.5. The molecule has 0 spiro atoms. The van der Waals surface area contributed by atoms with E-state index in [1.54, 1.807) is 0 Å². The van der Waals surface area contributed by atoms with E-state index in [4.69, 9.17) is 15.0 Å². The van der Waals surface area contributed by atoms with Crippen molar-refractivity contribution in [1.29, 1.82) is 0 Å². The monoisotopic (exact) mass is 164 g/mol. The Morgan fingerprint density at radius 1 is 1.18 bits per heavy atom. The van der Waals surface area contributed by atoms with E-state index in [9.17, 15) is 0 Å². The number of rotatable bonds is 2. The van der Waals surface area contributed by atoms with Crippen LogP contribution in [0.4, 0.5) is 4.79 Å². The third-order valence-electron chi connectivity index (χ3n) is 1.71. The molecule has 0 aliphatic heterocycles. The molecule has 0 aromatic carbocycles. The SMILES string of the molecule is CC[N+](C)(C)CC.O=C(O)O. The molecule has 0 saturated carbocycles. The minimum atomic E-state index is -1.83. The van der Waals surface area contributed by atoms with E-state index in [0.29, 0.717) is 0 Å². The molecule has 4 nitrogen and oxygen atoms in total. The predicted molar refractivity (Wildman–Crippen MR) is 43.8 cm³/mol. The Morgan fingerprint density at radius 2 is 1.36 bits per heavy atom. The molecule has 0 aliphatic carbocycles. The van der Waals surface area contributed by atoms with Crippen molar-refractivity contribution < 1.29 is 19.5 Å². The highest BCUT2D eigenvalue weighted by atomic mass is 16.6. The Kier molecular flexibility index (Phi) is 6.99. The van der Waals surface area contributed by atoms with Crippen LogP contribution in [0.5, 0.6) is 0 Å². The molecular formula is C7H18NO3+. The molecule has 0 rings (SSSR count). The second kappa shape index (κ2) is 5.97. The van der Waals surface area contributed by atoms with Gasteiger partial charge >= 0.3 is 6.16 Å². The zero-order chi connectivity index (χ0) is 9.49. The highest BCUT2D eigenvalue weighted by molar-refractivity contribution is 5.53. The topological polar surface area (TPSA) is 57.5 Å². The lowest BCUT2D eigenvalue weighted by Crippen LogP contribution is -2.38. The molecule has 0 unspecified atom stereocenters. The number of hydrogen-bond acceptors (Lipinski definition) is 1. The molecule has 68 valence electrons. The van der Waals surface area contributed by atoms with Crippen molar-refractivity contribution in [3.63, 3.8) is 0 Å². The number of hydrogen-bond donors (Lipinski definition) is 2. The first-order valence-electron chi connectivity index (χ1n) is 3.59. The highest BCUT2D eigenvalue weighted by Gasteiger charge is 2.04. The van der Waals surface area contributed by atoms with Gasteiger partial charge in [0.2, 0.25) is 0 Å². The largest absolute Gasteiger partial charge is 0.503 e. The summed E-state index contributed by atoms with van der Waals surface area (Å²) in [5.41, 5.74) is 0. The lowest BCUT2D eigenvalue weighted by Gasteiger charge is -2.25. The summed E-state index contributed by atoms with van der Waals surface area (Å²) in [6.45, 7) is 6.89. The van der Waals surface area contributed by atoms with E-state index in [-0.39, 0.29) is 0 Å². The van der Waals surface area contributed by atoms with Crippen molar-refractivity contribution in [2.24, 2.45) is 0 Å². The number of nitrogens with zero attached hydrogens (tertiary/aromatic N) is 1. The van der Waals surface area contributed by atoms with Gasteiger partial charge in [-0.3, -0.25) is 0 Å². The van der Waals surface area contributed by atoms with E-state index in [2.05, 4.69) is 27.9 Å². The summed E-state index contributed by atoms with van der Waals surface area (Å²) in [5, 5.41) is 13.9. The molecule has 0 bridgehead atoms. The standard InChI is InChI=1S/C6H16N.CH2O3/c1-5-7(3,4)6-2;2-1(3)4/h5-6H2,1-4H3;(H2,2,3,4)/q+1;. The van der Waals surface area contributed by atoms with Crippen LogP contribution in [-0.2, 0) is 0 Å². The van der Waals surface area contributed by atoms with Crippen LogP contribution in [0.15, 0.2) is 0 Å². The van der Waals surface area contributed by atoms with Gasteiger partial charge in [-0.1, -0.05) is 0 Å². The second-order valence-electron chi connectivity index (χ2n) is 2.85. The summed E-state index contributed by atoms with van der Waals surface area (Å²) in [5.74, 6) is 0. The van der Waals surface area contributed by atoms with Gasteiger partial charge in [-0.25, -0.2) is 4.79 Å². The first-order chi connectivity index (χ1) is 4.85. The molecular weight excluding hydrogens is 146 g/mol. The highest BCUT2D eigenvalue weighted by Crippen LogP contribution is 1.91. The number of quaternary nitrogens is 1. The van der Waals surface area contributed by atoms with Gasteiger partial charge in [0.25, 0.3) is 0 Å². The molecule has 0 atom stereocenters. The Balaban J connectivity index is 0. The minimum Gasteiger partial charge on any atom is -0.450 e. The molecule has 2 N–H and O–H groups in total. The number of carboxylic acid groups (broad SMARTS) is 2. The average molecular weight is 164 g/mol. The van der Waals surface area contributed by atoms with Crippen LogP contribution in [-0.4, -0.2) is 48.0 Å². The van der Waals surface area contributed by atoms with Crippen molar-refractivity contribution in [2.75, 3.05) is 27.2 Å². The van der Waals surface area contributed by atoms with Crippen molar-refractivity contribution in [3.05, 3.63) is 0 Å². The van der Waals surface area contributed by atoms with Crippen molar-refractivity contribution >= 4 is 6.16 Å². The van der Waals surface area contributed by atoms with Gasteiger partial charge in [-0.2, -0.15) is 0 Å². The average Bonchev–Trinajstić information content (AvgIpc) is 1.87. The molecule has 0 heterocycles. The van der Waals surface area contributed by atoms with Gasteiger partial charge in [0, 0.05) is 0 Å². The van der Waals surface area contributed by atoms with Gasteiger partial charge < -0.3 is 14.7 Å². The maximum atomic E-state index is 8.56. The van der Waals surface area contributed by atoms with E-state index < -0.39 is 6.16 Å². The van der Waals surface area contributed by atoms with E-state index in [0.717, 1.165) is 4.48 Å². The summed E-state index contributed by atoms with van der Waals surface area (Å²) < 4.78 is 1.14. The van der Waals surface area contributed by atoms with Gasteiger partial charge in [0.1, 0.15) is 0 Å². The third-order valence-corrected chi connectivity index (χ3v) is 1.71. The predicted octanol–water partition coefficient (Wildman–Crippen LogP) is 1.32. The van der Waals surface area contributed by atoms with Gasteiger partial charge in [0.05, 0.1) is 27.2 Å². The first-order valence-corrected chi connectivity index (χ1v) is 3.59. The van der Waals surface area contributed by atoms with E-state index in [1.807, 2.05) is 0 Å². The Bertz CT molecular complexity index is 102. The van der Waals surface area contributed by atoms with Crippen LogP contribution in [0.1, 0.15) is 13.8 Å². The fourth-order valence-electron chi connectivity index (χ4n) is 0.224. The molecule has 0 fully saturated rings. The maximum absolute atomic E-state index is 8.56. The molecule has 0 amide bonds. The fraction of sp³-hybridized carbons (Fsp3) is 0.857. The fourth-order valence-corrected chi connectivity index (χ4v) is 0.224. The summed E-state index contributed by atoms with van der Waals surface area (Å²) in [4.78, 5) is 8.56. The number of carbonyl (C=O) groups is 1. The first kappa shape index (κ1) is 12.9. The normalized spacial score (nSPS) is 9.82. The Labute approximate surface area is 67.7 Å². The van der Waals surface area contributed by atoms with Crippen molar-refractivity contribution in [3.8, 4) is 0 Å². The Hall–Kier alpha value is -0.770. The van der Waals surface area contributed by atoms with Crippen LogP contribution in [0.3, 0.4) is 0 Å². The summed E-state index contributed by atoms with van der Waals surface area (Å²) in [7, 11) is 4.47. The summed E-state index contributed by atoms with van der Waals surface area (Å²) in [6, 6.07) is 0. The molecule has 0 aliphatic rings. The summed E-state index contributed by atoms with van der Waals surface area (Å²) in [6.07, 6.45) is -1.83. The van der Waals surface area contributed by atoms with Gasteiger partial charge in [-0.05, 0) is 13.8 Å². The van der Waals surface area contributed by atoms with Crippen molar-refractivity contribution in [1.82, 2.24) is 0 Å².